The minimum absolute atomic E-state index is 0.125. The number of methoxy groups -OCH3 is 1. The number of carboxylic acid groups (broad SMARTS) is 1. The number of carbonyl (C=O) groups excluding carboxylic acids is 4. The molecule has 1 spiro atoms. The van der Waals surface area contributed by atoms with E-state index in [4.69, 9.17) is 28.4 Å². The summed E-state index contributed by atoms with van der Waals surface area (Å²) in [6.07, 6.45) is -4.27. The number of likely N-dealkylation sites (tertiary alicyclic amines) is 1. The molecule has 7 rings (SSSR count). The number of benzene rings is 3. The zero-order valence-corrected chi connectivity index (χ0v) is 29.8. The molecule has 14 heteroatoms. The minimum Gasteiger partial charge on any atom is -0.493 e. The predicted molar refractivity (Wildman–Crippen MR) is 186 cm³/mol. The van der Waals surface area contributed by atoms with Gasteiger partial charge in [0.05, 0.1) is 24.5 Å². The van der Waals surface area contributed by atoms with Crippen LogP contribution in [0.25, 0.3) is 0 Å². The van der Waals surface area contributed by atoms with Crippen LogP contribution >= 0.6 is 0 Å². The van der Waals surface area contributed by atoms with E-state index in [0.29, 0.717) is 30.9 Å². The number of hydrogen-bond donors (Lipinski definition) is 2. The van der Waals surface area contributed by atoms with E-state index in [1.807, 2.05) is 19.2 Å². The Morgan fingerprint density at radius 3 is 2.19 bits per heavy atom. The van der Waals surface area contributed by atoms with Crippen LogP contribution in [0.3, 0.4) is 0 Å². The molecule has 14 nitrogen and oxygen atoms in total. The van der Waals surface area contributed by atoms with Crippen LogP contribution in [0.2, 0.25) is 0 Å². The van der Waals surface area contributed by atoms with Crippen molar-refractivity contribution in [2.45, 2.75) is 74.1 Å². The van der Waals surface area contributed by atoms with E-state index < -0.39 is 71.7 Å². The van der Waals surface area contributed by atoms with E-state index >= 15 is 0 Å². The van der Waals surface area contributed by atoms with Gasteiger partial charge in [-0.15, -0.1) is 0 Å². The number of carboxylic acids is 1. The fourth-order valence-corrected chi connectivity index (χ4v) is 8.42. The number of aliphatic carboxylic acids is 1. The predicted octanol–water partition coefficient (Wildman–Crippen LogP) is 3.49. The molecule has 2 N–H and O–H groups in total. The molecular weight excluding hydrogens is 702 g/mol. The molecule has 7 atom stereocenters. The summed E-state index contributed by atoms with van der Waals surface area (Å²) in [4.78, 5) is 67.2. The zero-order chi connectivity index (χ0) is 38.4. The van der Waals surface area contributed by atoms with Crippen LogP contribution in [0.5, 0.6) is 11.5 Å². The first kappa shape index (κ1) is 36.6. The summed E-state index contributed by atoms with van der Waals surface area (Å²) in [5.74, 6) is -4.79. The lowest BCUT2D eigenvalue weighted by Gasteiger charge is -2.61. The maximum atomic E-state index is 13.7. The van der Waals surface area contributed by atoms with Gasteiger partial charge >= 0.3 is 29.8 Å². The van der Waals surface area contributed by atoms with Gasteiger partial charge in [-0.25, -0.2) is 14.4 Å². The SMILES string of the molecule is COc1ccc2c3c1O[C@@H]1C(OC(=O)C[C@H](OC(C)=O)C(=O)O[C@H](C(=O)O[C@H](C(=O)O)c4ccccc4)c4ccccc4)=CC[C@]4(O)[C@H](C2)N(C)CC[C@@]314. The number of aliphatic hydroxyl groups is 1. The second-order valence-corrected chi connectivity index (χ2v) is 13.9. The Hall–Kier alpha value is -5.73. The molecule has 2 aliphatic carbocycles. The average Bonchev–Trinajstić information content (AvgIpc) is 3.51. The monoisotopic (exact) mass is 741 g/mol. The Labute approximate surface area is 310 Å². The molecule has 2 bridgehead atoms. The molecule has 4 aliphatic rings. The van der Waals surface area contributed by atoms with Gasteiger partial charge in [-0.05, 0) is 44.1 Å². The zero-order valence-electron chi connectivity index (χ0n) is 29.8. The number of ether oxygens (including phenoxy) is 6. The van der Waals surface area contributed by atoms with E-state index in [0.717, 1.165) is 18.1 Å². The van der Waals surface area contributed by atoms with Crippen LogP contribution in [0.1, 0.15) is 60.6 Å². The molecule has 0 amide bonds. The van der Waals surface area contributed by atoms with Crippen molar-refractivity contribution in [3.63, 3.8) is 0 Å². The van der Waals surface area contributed by atoms with Crippen LogP contribution in [0.4, 0.5) is 0 Å². The average molecular weight is 742 g/mol. The quantitative estimate of drug-likeness (QED) is 0.203. The van der Waals surface area contributed by atoms with Crippen LogP contribution in [0, 0.1) is 0 Å². The molecule has 1 saturated heterocycles. The maximum Gasteiger partial charge on any atom is 0.353 e. The van der Waals surface area contributed by atoms with Crippen molar-refractivity contribution in [2.75, 3.05) is 20.7 Å². The molecule has 3 aromatic carbocycles. The molecular formula is C40H39NO13. The number of carbonyl (C=O) groups is 5. The summed E-state index contributed by atoms with van der Waals surface area (Å²) in [7, 11) is 3.49. The summed E-state index contributed by atoms with van der Waals surface area (Å²) >= 11 is 0. The highest BCUT2D eigenvalue weighted by molar-refractivity contribution is 5.88. The molecule has 3 aromatic rings. The first-order valence-electron chi connectivity index (χ1n) is 17.5. The van der Waals surface area contributed by atoms with Gasteiger partial charge in [0.25, 0.3) is 0 Å². The Bertz CT molecular complexity index is 2020. The van der Waals surface area contributed by atoms with Gasteiger partial charge < -0.3 is 43.5 Å². The lowest BCUT2D eigenvalue weighted by atomic mass is 9.50. The van der Waals surface area contributed by atoms with Crippen LogP contribution in [-0.2, 0) is 54.8 Å². The number of esters is 4. The summed E-state index contributed by atoms with van der Waals surface area (Å²) in [5, 5.41) is 22.3. The van der Waals surface area contributed by atoms with E-state index in [9.17, 15) is 34.2 Å². The van der Waals surface area contributed by atoms with Crippen molar-refractivity contribution in [3.05, 3.63) is 107 Å². The smallest absolute Gasteiger partial charge is 0.353 e. The van der Waals surface area contributed by atoms with Crippen molar-refractivity contribution < 1.29 is 62.6 Å². The molecule has 0 unspecified atom stereocenters. The number of likely N-dealkylation sites (N-methyl/N-ethyl adjacent to an activating group) is 1. The van der Waals surface area contributed by atoms with Crippen molar-refractivity contribution in [2.24, 2.45) is 0 Å². The summed E-state index contributed by atoms with van der Waals surface area (Å²) in [6.45, 7) is 1.68. The highest BCUT2D eigenvalue weighted by atomic mass is 16.6. The normalized spacial score (nSPS) is 25.0. The molecule has 282 valence electrons. The summed E-state index contributed by atoms with van der Waals surface area (Å²) in [6, 6.07) is 19.0. The van der Waals surface area contributed by atoms with Gasteiger partial charge in [-0.3, -0.25) is 9.59 Å². The maximum absolute atomic E-state index is 13.7. The Kier molecular flexibility index (Phi) is 9.66. The van der Waals surface area contributed by atoms with Gasteiger partial charge in [0.1, 0.15) is 5.76 Å². The van der Waals surface area contributed by atoms with E-state index in [1.165, 1.54) is 31.4 Å². The molecule has 0 aromatic heterocycles. The fourth-order valence-electron chi connectivity index (χ4n) is 8.42. The Morgan fingerprint density at radius 1 is 0.907 bits per heavy atom. The van der Waals surface area contributed by atoms with Crippen LogP contribution in [-0.4, -0.2) is 89.5 Å². The minimum atomic E-state index is -1.87. The van der Waals surface area contributed by atoms with Crippen molar-refractivity contribution in [3.8, 4) is 11.5 Å². The lowest BCUT2D eigenvalue weighted by molar-refractivity contribution is -0.185. The number of piperidine rings is 1. The molecule has 2 aliphatic heterocycles. The summed E-state index contributed by atoms with van der Waals surface area (Å²) in [5.41, 5.74) is -0.0799. The third-order valence-corrected chi connectivity index (χ3v) is 10.8. The van der Waals surface area contributed by atoms with E-state index in [1.54, 1.807) is 42.5 Å². The molecule has 54 heavy (non-hydrogen) atoms. The molecule has 0 radical (unpaired) electrons. The van der Waals surface area contributed by atoms with Gasteiger partial charge in [0.15, 0.2) is 17.6 Å². The van der Waals surface area contributed by atoms with Crippen molar-refractivity contribution in [1.29, 1.82) is 0 Å². The second kappa shape index (κ2) is 14.3. The Morgan fingerprint density at radius 2 is 1.56 bits per heavy atom. The lowest BCUT2D eigenvalue weighted by Crippen LogP contribution is -2.74. The highest BCUT2D eigenvalue weighted by Crippen LogP contribution is 2.65. The van der Waals surface area contributed by atoms with Gasteiger partial charge in [-0.2, -0.15) is 0 Å². The third-order valence-electron chi connectivity index (χ3n) is 10.8. The van der Waals surface area contributed by atoms with Crippen molar-refractivity contribution >= 4 is 29.8 Å². The second-order valence-electron chi connectivity index (χ2n) is 13.9. The van der Waals surface area contributed by atoms with Gasteiger partial charge in [-0.1, -0.05) is 66.7 Å². The van der Waals surface area contributed by atoms with E-state index in [2.05, 4.69) is 4.90 Å². The van der Waals surface area contributed by atoms with E-state index in [-0.39, 0.29) is 29.3 Å². The number of rotatable bonds is 12. The van der Waals surface area contributed by atoms with Crippen LogP contribution < -0.4 is 9.47 Å². The molecule has 1 fully saturated rings. The van der Waals surface area contributed by atoms with Gasteiger partial charge in [0.2, 0.25) is 18.3 Å². The number of hydrogen-bond acceptors (Lipinski definition) is 13. The molecule has 2 heterocycles. The first-order chi connectivity index (χ1) is 25.9. The van der Waals surface area contributed by atoms with Crippen molar-refractivity contribution in [1.82, 2.24) is 4.90 Å². The summed E-state index contributed by atoms with van der Waals surface area (Å²) < 4.78 is 34.1. The van der Waals surface area contributed by atoms with Gasteiger partial charge in [0, 0.05) is 36.1 Å². The third kappa shape index (κ3) is 6.14. The standard InChI is InChI=1S/C40H39NO13/c1-22(42)50-28(37(46)54-33(24-12-8-5-9-13-24)38(47)53-32(36(44)45)23-10-6-4-7-11-23)21-30(43)51-27-16-17-40(48)29-20-25-14-15-26(49-3)34-31(25)39(40,35(27)52-34)18-19-41(29)2/h4-16,28-29,32-33,35,48H,17-21H2,1-3H3,(H,44,45)/t28-,29-,32-,33-,35+,39+,40-/m0/s1. The first-order valence-corrected chi connectivity index (χ1v) is 17.5. The van der Waals surface area contributed by atoms with Crippen LogP contribution in [0.15, 0.2) is 84.6 Å². The largest absolute Gasteiger partial charge is 0.493 e. The highest BCUT2D eigenvalue weighted by Gasteiger charge is 2.72. The molecule has 0 saturated carbocycles. The Balaban J connectivity index is 1.12. The number of nitrogens with zero attached hydrogens (tertiary/aromatic N) is 1. The fraction of sp³-hybridized carbons (Fsp3) is 0.375. The topological polar surface area (TPSA) is 184 Å².